The van der Waals surface area contributed by atoms with Crippen LogP contribution in [0.25, 0.3) is 0 Å². The number of hydrogen-bond donors (Lipinski definition) is 4. The van der Waals surface area contributed by atoms with Crippen LogP contribution < -0.4 is 0 Å². The summed E-state index contributed by atoms with van der Waals surface area (Å²) < 4.78 is 17.0. The number of fused-ring (bicyclic) bond motifs is 2. The summed E-state index contributed by atoms with van der Waals surface area (Å²) in [5.74, 6) is -4.42. The minimum Gasteiger partial charge on any atom is -0.463 e. The van der Waals surface area contributed by atoms with E-state index in [1.807, 2.05) is 0 Å². The molecule has 2 aliphatic heterocycles. The van der Waals surface area contributed by atoms with Crippen molar-refractivity contribution >= 4 is 11.9 Å². The molecule has 10 atom stereocenters. The summed E-state index contributed by atoms with van der Waals surface area (Å²) in [5.41, 5.74) is -4.38. The van der Waals surface area contributed by atoms with E-state index in [1.165, 1.54) is 13.8 Å². The van der Waals surface area contributed by atoms with Gasteiger partial charge >= 0.3 is 11.9 Å². The molecule has 2 saturated heterocycles. The first-order valence-corrected chi connectivity index (χ1v) is 12.0. The number of aliphatic hydroxyl groups excluding tert-OH is 2. The van der Waals surface area contributed by atoms with E-state index in [0.29, 0.717) is 25.7 Å². The monoisotopic (exact) mass is 468 g/mol. The Kier molecular flexibility index (Phi) is 4.91. The van der Waals surface area contributed by atoms with E-state index in [-0.39, 0.29) is 24.4 Å². The molecule has 6 rings (SSSR count). The van der Waals surface area contributed by atoms with Gasteiger partial charge < -0.3 is 34.6 Å². The second kappa shape index (κ2) is 6.91. The Bertz CT molecular complexity index is 874. The first kappa shape index (κ1) is 23.5. The van der Waals surface area contributed by atoms with Crippen LogP contribution in [0.15, 0.2) is 0 Å². The summed E-state index contributed by atoms with van der Waals surface area (Å²) in [6.07, 6.45) is -0.839. The van der Waals surface area contributed by atoms with Gasteiger partial charge in [0.15, 0.2) is 6.10 Å². The number of ether oxygens (including phenoxy) is 3. The maximum absolute atomic E-state index is 12.3. The minimum atomic E-state index is -2.05. The molecule has 186 valence electrons. The van der Waals surface area contributed by atoms with E-state index in [9.17, 15) is 30.0 Å². The van der Waals surface area contributed by atoms with Crippen LogP contribution in [0.2, 0.25) is 0 Å². The van der Waals surface area contributed by atoms with E-state index in [1.54, 1.807) is 0 Å². The third-order valence-corrected chi connectivity index (χ3v) is 10.1. The standard InChI is InChI=1S/C24H36O9/c1-12(25)31-11-23(29)14-5-6-15-21-10-32-24(30,22(15,9-14)19(23)28)18(33-13(2)26)17(21)20(3,4)8-7-16(21)27/h14-19,27-30H,5-11H2,1-4H3/t14-,15+,16-,17-,18+,19+,21-,22+,23+,24+/m1/s1. The summed E-state index contributed by atoms with van der Waals surface area (Å²) in [6, 6.07) is 0. The summed E-state index contributed by atoms with van der Waals surface area (Å²) >= 11 is 0. The van der Waals surface area contributed by atoms with Gasteiger partial charge in [-0.15, -0.1) is 0 Å². The Morgan fingerprint density at radius 3 is 2.39 bits per heavy atom. The molecule has 0 unspecified atom stereocenters. The van der Waals surface area contributed by atoms with Crippen molar-refractivity contribution in [2.24, 2.45) is 34.0 Å². The molecule has 4 aliphatic carbocycles. The molecule has 9 nitrogen and oxygen atoms in total. The molecule has 6 aliphatic rings. The average Bonchev–Trinajstić information content (AvgIpc) is 2.90. The Hall–Kier alpha value is -1.26. The fourth-order valence-electron chi connectivity index (χ4n) is 8.99. The Balaban J connectivity index is 1.70. The number of aliphatic hydroxyl groups is 4. The summed E-state index contributed by atoms with van der Waals surface area (Å²) in [7, 11) is 0. The van der Waals surface area contributed by atoms with Crippen LogP contribution >= 0.6 is 0 Å². The molecule has 0 amide bonds. The van der Waals surface area contributed by atoms with E-state index < -0.39 is 70.9 Å². The highest BCUT2D eigenvalue weighted by molar-refractivity contribution is 5.66. The van der Waals surface area contributed by atoms with Gasteiger partial charge in [-0.2, -0.15) is 0 Å². The van der Waals surface area contributed by atoms with Crippen molar-refractivity contribution in [2.45, 2.75) is 89.5 Å². The van der Waals surface area contributed by atoms with Gasteiger partial charge in [0.1, 0.15) is 12.2 Å². The molecule has 0 aromatic carbocycles. The van der Waals surface area contributed by atoms with Gasteiger partial charge in [-0.25, -0.2) is 0 Å². The highest BCUT2D eigenvalue weighted by atomic mass is 16.7. The lowest BCUT2D eigenvalue weighted by molar-refractivity contribution is -0.468. The van der Waals surface area contributed by atoms with Crippen LogP contribution in [0, 0.1) is 34.0 Å². The maximum Gasteiger partial charge on any atom is 0.303 e. The second-order valence-corrected chi connectivity index (χ2v) is 11.9. The topological polar surface area (TPSA) is 143 Å². The Morgan fingerprint density at radius 2 is 1.76 bits per heavy atom. The molecule has 2 spiro atoms. The third kappa shape index (κ3) is 2.60. The lowest BCUT2D eigenvalue weighted by atomic mass is 9.36. The van der Waals surface area contributed by atoms with Crippen molar-refractivity contribution in [2.75, 3.05) is 13.2 Å². The zero-order valence-electron chi connectivity index (χ0n) is 19.7. The van der Waals surface area contributed by atoms with Crippen molar-refractivity contribution in [3.8, 4) is 0 Å². The molecule has 6 fully saturated rings. The number of hydrogen-bond acceptors (Lipinski definition) is 9. The predicted molar refractivity (Wildman–Crippen MR) is 112 cm³/mol. The highest BCUT2D eigenvalue weighted by Crippen LogP contribution is 2.78. The lowest BCUT2D eigenvalue weighted by Crippen LogP contribution is -2.84. The van der Waals surface area contributed by atoms with Crippen molar-refractivity contribution < 1.29 is 44.2 Å². The summed E-state index contributed by atoms with van der Waals surface area (Å²) in [5, 5.41) is 47.1. The van der Waals surface area contributed by atoms with Gasteiger partial charge in [-0.05, 0) is 49.4 Å². The zero-order valence-corrected chi connectivity index (χ0v) is 19.7. The number of rotatable bonds is 3. The van der Waals surface area contributed by atoms with Gasteiger partial charge in [0.05, 0.1) is 24.2 Å². The fourth-order valence-corrected chi connectivity index (χ4v) is 8.99. The maximum atomic E-state index is 12.3. The van der Waals surface area contributed by atoms with E-state index >= 15 is 0 Å². The normalized spacial score (nSPS) is 53.7. The second-order valence-electron chi connectivity index (χ2n) is 11.9. The van der Waals surface area contributed by atoms with Crippen LogP contribution in [0.5, 0.6) is 0 Å². The lowest BCUT2D eigenvalue weighted by Gasteiger charge is -2.75. The molecule has 2 heterocycles. The minimum absolute atomic E-state index is 0.0860. The predicted octanol–water partition coefficient (Wildman–Crippen LogP) is 0.505. The van der Waals surface area contributed by atoms with E-state index in [2.05, 4.69) is 13.8 Å². The van der Waals surface area contributed by atoms with E-state index in [4.69, 9.17) is 14.2 Å². The molecule has 4 saturated carbocycles. The van der Waals surface area contributed by atoms with Crippen LogP contribution in [-0.2, 0) is 23.8 Å². The first-order valence-electron chi connectivity index (χ1n) is 12.0. The number of esters is 2. The molecule has 9 heteroatoms. The molecule has 4 N–H and O–H groups in total. The highest BCUT2D eigenvalue weighted by Gasteiger charge is 2.87. The fraction of sp³-hybridized carbons (Fsp3) is 0.917. The molecule has 4 bridgehead atoms. The SMILES string of the molecule is CC(=O)OC[C@]1(O)[C@@H]2CC[C@H]3[C@@]45CO[C@@](O)([C@@H](OC(C)=O)[C@@H]4C(C)(C)CC[C@H]5O)[C@]3(C2)[C@@H]1O. The molecule has 33 heavy (non-hydrogen) atoms. The van der Waals surface area contributed by atoms with Crippen molar-refractivity contribution in [3.63, 3.8) is 0 Å². The molecule has 0 aromatic heterocycles. The summed E-state index contributed by atoms with van der Waals surface area (Å²) in [6.45, 7) is 6.31. The van der Waals surface area contributed by atoms with Crippen LogP contribution in [0.4, 0.5) is 0 Å². The molecule has 0 aromatic rings. The van der Waals surface area contributed by atoms with Crippen LogP contribution in [-0.4, -0.2) is 75.3 Å². The van der Waals surface area contributed by atoms with Gasteiger partial charge in [0, 0.05) is 25.2 Å². The molecular weight excluding hydrogens is 432 g/mol. The Labute approximate surface area is 193 Å². The first-order chi connectivity index (χ1) is 15.3. The van der Waals surface area contributed by atoms with Gasteiger partial charge in [-0.1, -0.05) is 13.8 Å². The summed E-state index contributed by atoms with van der Waals surface area (Å²) in [4.78, 5) is 23.7. The van der Waals surface area contributed by atoms with Gasteiger partial charge in [-0.3, -0.25) is 9.59 Å². The van der Waals surface area contributed by atoms with E-state index in [0.717, 1.165) is 0 Å². The van der Waals surface area contributed by atoms with Gasteiger partial charge in [0.25, 0.3) is 0 Å². The van der Waals surface area contributed by atoms with Crippen molar-refractivity contribution in [1.82, 2.24) is 0 Å². The van der Waals surface area contributed by atoms with Gasteiger partial charge in [0.2, 0.25) is 5.79 Å². The number of carbonyl (C=O) groups excluding carboxylic acids is 2. The largest absolute Gasteiger partial charge is 0.463 e. The Morgan fingerprint density at radius 1 is 1.06 bits per heavy atom. The average molecular weight is 469 g/mol. The van der Waals surface area contributed by atoms with Crippen LogP contribution in [0.3, 0.4) is 0 Å². The van der Waals surface area contributed by atoms with Crippen LogP contribution in [0.1, 0.15) is 59.8 Å². The third-order valence-electron chi connectivity index (χ3n) is 10.1. The quantitative estimate of drug-likeness (QED) is 0.436. The van der Waals surface area contributed by atoms with Crippen molar-refractivity contribution in [1.29, 1.82) is 0 Å². The smallest absolute Gasteiger partial charge is 0.303 e. The molecular formula is C24H36O9. The molecule has 0 radical (unpaired) electrons. The zero-order chi connectivity index (χ0) is 24.2. The van der Waals surface area contributed by atoms with Crippen molar-refractivity contribution in [3.05, 3.63) is 0 Å². The number of carbonyl (C=O) groups is 2.